The summed E-state index contributed by atoms with van der Waals surface area (Å²) >= 11 is 0. The first-order chi connectivity index (χ1) is 16.2. The van der Waals surface area contributed by atoms with Gasteiger partial charge in [0.2, 0.25) is 0 Å². The number of hydrogen-bond donors (Lipinski definition) is 1. The van der Waals surface area contributed by atoms with E-state index in [0.717, 1.165) is 22.2 Å². The molecule has 0 aliphatic heterocycles. The number of hydrogen-bond acceptors (Lipinski definition) is 3. The second kappa shape index (κ2) is 9.01. The van der Waals surface area contributed by atoms with E-state index in [0.29, 0.717) is 17.9 Å². The molecule has 0 bridgehead atoms. The minimum absolute atomic E-state index is 0.241. The number of para-hydroxylation sites is 1. The van der Waals surface area contributed by atoms with Crippen LogP contribution in [0.15, 0.2) is 103 Å². The van der Waals surface area contributed by atoms with E-state index in [2.05, 4.69) is 46.8 Å². The maximum Gasteiger partial charge on any atom is 0.276 e. The van der Waals surface area contributed by atoms with Crippen LogP contribution in [0.25, 0.3) is 22.0 Å². The molecule has 0 fully saturated rings. The molecule has 1 heterocycles. The summed E-state index contributed by atoms with van der Waals surface area (Å²) in [6.45, 7) is 0.575. The van der Waals surface area contributed by atoms with E-state index in [1.807, 2.05) is 71.4 Å². The van der Waals surface area contributed by atoms with Crippen LogP contribution in [0.1, 0.15) is 16.1 Å². The number of amides is 1. The lowest BCUT2D eigenvalue weighted by atomic mass is 10.0. The van der Waals surface area contributed by atoms with Crippen molar-refractivity contribution in [3.8, 4) is 16.9 Å². The third-order valence-electron chi connectivity index (χ3n) is 5.61. The van der Waals surface area contributed by atoms with E-state index in [-0.39, 0.29) is 5.91 Å². The number of methoxy groups -OCH3 is 1. The van der Waals surface area contributed by atoms with E-state index in [4.69, 9.17) is 4.74 Å². The van der Waals surface area contributed by atoms with Gasteiger partial charge in [0.05, 0.1) is 19.2 Å². The van der Waals surface area contributed by atoms with Gasteiger partial charge in [-0.25, -0.2) is 0 Å². The second-order valence-corrected chi connectivity index (χ2v) is 7.77. The molecule has 5 aromatic rings. The molecule has 1 amide bonds. The van der Waals surface area contributed by atoms with Crippen LogP contribution < -0.4 is 10.1 Å². The SMILES string of the molecule is COc1ccc(NC(=O)c2nn(Cc3ccc(-c4ccccc4)cc3)c3ccccc23)cc1. The maximum absolute atomic E-state index is 13.0. The number of benzene rings is 4. The fourth-order valence-corrected chi connectivity index (χ4v) is 3.89. The molecule has 4 aromatic carbocycles. The van der Waals surface area contributed by atoms with Gasteiger partial charge < -0.3 is 10.1 Å². The maximum atomic E-state index is 13.0. The largest absolute Gasteiger partial charge is 0.497 e. The minimum atomic E-state index is -0.241. The molecular formula is C28H23N3O2. The third kappa shape index (κ3) is 4.34. The number of rotatable bonds is 6. The number of fused-ring (bicyclic) bond motifs is 1. The summed E-state index contributed by atoms with van der Waals surface area (Å²) in [5.74, 6) is 0.496. The summed E-state index contributed by atoms with van der Waals surface area (Å²) in [4.78, 5) is 13.0. The molecule has 0 aliphatic carbocycles. The minimum Gasteiger partial charge on any atom is -0.497 e. The fraction of sp³-hybridized carbons (Fsp3) is 0.0714. The van der Waals surface area contributed by atoms with Gasteiger partial charge in [0.25, 0.3) is 5.91 Å². The van der Waals surface area contributed by atoms with Crippen LogP contribution in [0.3, 0.4) is 0 Å². The van der Waals surface area contributed by atoms with Crippen molar-refractivity contribution in [2.45, 2.75) is 6.54 Å². The van der Waals surface area contributed by atoms with Crippen molar-refractivity contribution >= 4 is 22.5 Å². The average molecular weight is 434 g/mol. The van der Waals surface area contributed by atoms with Crippen molar-refractivity contribution in [1.29, 1.82) is 0 Å². The van der Waals surface area contributed by atoms with E-state index in [9.17, 15) is 4.79 Å². The Morgan fingerprint density at radius 3 is 2.21 bits per heavy atom. The van der Waals surface area contributed by atoms with Gasteiger partial charge in [-0.1, -0.05) is 72.8 Å². The fourth-order valence-electron chi connectivity index (χ4n) is 3.89. The predicted octanol–water partition coefficient (Wildman–Crippen LogP) is 6.01. The van der Waals surface area contributed by atoms with Gasteiger partial charge in [-0.3, -0.25) is 9.48 Å². The van der Waals surface area contributed by atoms with Crippen LogP contribution in [-0.4, -0.2) is 22.8 Å². The first-order valence-corrected chi connectivity index (χ1v) is 10.8. The zero-order chi connectivity index (χ0) is 22.6. The normalized spacial score (nSPS) is 10.8. The molecule has 0 saturated carbocycles. The van der Waals surface area contributed by atoms with Gasteiger partial charge in [0.1, 0.15) is 5.75 Å². The van der Waals surface area contributed by atoms with E-state index < -0.39 is 0 Å². The zero-order valence-electron chi connectivity index (χ0n) is 18.2. The van der Waals surface area contributed by atoms with Crippen molar-refractivity contribution in [2.75, 3.05) is 12.4 Å². The molecule has 0 radical (unpaired) electrons. The number of nitrogens with zero attached hydrogens (tertiary/aromatic N) is 2. The number of carbonyl (C=O) groups is 1. The van der Waals surface area contributed by atoms with Gasteiger partial charge in [-0.2, -0.15) is 5.10 Å². The molecule has 0 unspecified atom stereocenters. The van der Waals surface area contributed by atoms with E-state index in [1.54, 1.807) is 7.11 Å². The van der Waals surface area contributed by atoms with Crippen molar-refractivity contribution in [1.82, 2.24) is 9.78 Å². The van der Waals surface area contributed by atoms with E-state index >= 15 is 0 Å². The molecule has 5 heteroatoms. The Morgan fingerprint density at radius 1 is 0.818 bits per heavy atom. The molecular weight excluding hydrogens is 410 g/mol. The Balaban J connectivity index is 1.40. The quantitative estimate of drug-likeness (QED) is 0.357. The number of anilines is 1. The summed E-state index contributed by atoms with van der Waals surface area (Å²) in [5, 5.41) is 8.43. The van der Waals surface area contributed by atoms with Gasteiger partial charge in [0, 0.05) is 11.1 Å². The standard InChI is InChI=1S/C28H23N3O2/c1-33-24-17-15-23(16-18-24)29-28(32)27-25-9-5-6-10-26(25)31(30-27)19-20-11-13-22(14-12-20)21-7-3-2-4-8-21/h2-18H,19H2,1H3,(H,29,32). The molecule has 33 heavy (non-hydrogen) atoms. The summed E-state index contributed by atoms with van der Waals surface area (Å²) < 4.78 is 7.07. The topological polar surface area (TPSA) is 56.1 Å². The van der Waals surface area contributed by atoms with Crippen molar-refractivity contribution < 1.29 is 9.53 Å². The number of nitrogens with one attached hydrogen (secondary N) is 1. The van der Waals surface area contributed by atoms with Gasteiger partial charge in [0.15, 0.2) is 5.69 Å². The summed E-state index contributed by atoms with van der Waals surface area (Å²) in [6, 6.07) is 33.8. The lowest BCUT2D eigenvalue weighted by molar-refractivity contribution is 0.102. The smallest absolute Gasteiger partial charge is 0.276 e. The highest BCUT2D eigenvalue weighted by molar-refractivity contribution is 6.11. The highest BCUT2D eigenvalue weighted by Crippen LogP contribution is 2.23. The lowest BCUT2D eigenvalue weighted by Gasteiger charge is -2.06. The molecule has 0 saturated heterocycles. The van der Waals surface area contributed by atoms with Crippen LogP contribution in [0.4, 0.5) is 5.69 Å². The van der Waals surface area contributed by atoms with Crippen molar-refractivity contribution in [3.05, 3.63) is 114 Å². The molecule has 162 valence electrons. The van der Waals surface area contributed by atoms with E-state index in [1.165, 1.54) is 11.1 Å². The number of carbonyl (C=O) groups excluding carboxylic acids is 1. The molecule has 0 spiro atoms. The number of aromatic nitrogens is 2. The van der Waals surface area contributed by atoms with Crippen LogP contribution in [0, 0.1) is 0 Å². The molecule has 1 aromatic heterocycles. The molecule has 1 N–H and O–H groups in total. The Morgan fingerprint density at radius 2 is 1.48 bits per heavy atom. The Bertz CT molecular complexity index is 1390. The Kier molecular flexibility index (Phi) is 5.60. The zero-order valence-corrected chi connectivity index (χ0v) is 18.2. The monoisotopic (exact) mass is 433 g/mol. The lowest BCUT2D eigenvalue weighted by Crippen LogP contribution is -2.13. The molecule has 0 atom stereocenters. The predicted molar refractivity (Wildman–Crippen MR) is 132 cm³/mol. The Labute approximate surface area is 192 Å². The van der Waals surface area contributed by atoms with Crippen LogP contribution in [0.5, 0.6) is 5.75 Å². The molecule has 5 nitrogen and oxygen atoms in total. The summed E-state index contributed by atoms with van der Waals surface area (Å²) in [5.41, 5.74) is 5.49. The van der Waals surface area contributed by atoms with Gasteiger partial charge >= 0.3 is 0 Å². The van der Waals surface area contributed by atoms with Crippen molar-refractivity contribution in [2.24, 2.45) is 0 Å². The van der Waals surface area contributed by atoms with Crippen LogP contribution in [0.2, 0.25) is 0 Å². The highest BCUT2D eigenvalue weighted by atomic mass is 16.5. The third-order valence-corrected chi connectivity index (χ3v) is 5.61. The van der Waals surface area contributed by atoms with Crippen LogP contribution >= 0.6 is 0 Å². The summed E-state index contributed by atoms with van der Waals surface area (Å²) in [6.07, 6.45) is 0. The second-order valence-electron chi connectivity index (χ2n) is 7.77. The molecule has 0 aliphatic rings. The van der Waals surface area contributed by atoms with Gasteiger partial charge in [-0.15, -0.1) is 0 Å². The van der Waals surface area contributed by atoms with Gasteiger partial charge in [-0.05, 0) is 47.0 Å². The van der Waals surface area contributed by atoms with Crippen LogP contribution in [-0.2, 0) is 6.54 Å². The first kappa shape index (κ1) is 20.5. The Hall–Kier alpha value is -4.38. The first-order valence-electron chi connectivity index (χ1n) is 10.8. The summed E-state index contributed by atoms with van der Waals surface area (Å²) in [7, 11) is 1.61. The highest BCUT2D eigenvalue weighted by Gasteiger charge is 2.17. The number of ether oxygens (including phenoxy) is 1. The van der Waals surface area contributed by atoms with Crippen molar-refractivity contribution in [3.63, 3.8) is 0 Å². The molecule has 5 rings (SSSR count). The average Bonchev–Trinajstić information content (AvgIpc) is 3.24.